The van der Waals surface area contributed by atoms with Gasteiger partial charge in [-0.3, -0.25) is 4.90 Å². The highest BCUT2D eigenvalue weighted by Crippen LogP contribution is 2.18. The lowest BCUT2D eigenvalue weighted by molar-refractivity contribution is 0.234. The molecule has 0 aliphatic heterocycles. The van der Waals surface area contributed by atoms with Gasteiger partial charge in [-0.15, -0.1) is 0 Å². The van der Waals surface area contributed by atoms with Crippen LogP contribution in [0.5, 0.6) is 0 Å². The van der Waals surface area contributed by atoms with Crippen LogP contribution >= 0.6 is 15.9 Å². The fourth-order valence-electron chi connectivity index (χ4n) is 1.82. The molecule has 2 nitrogen and oxygen atoms in total. The molecular formula is C14H22BrFN2. The molecule has 0 unspecified atom stereocenters. The van der Waals surface area contributed by atoms with E-state index in [-0.39, 0.29) is 5.82 Å². The van der Waals surface area contributed by atoms with Crippen molar-refractivity contribution in [2.24, 2.45) is 0 Å². The lowest BCUT2D eigenvalue weighted by Gasteiger charge is -2.23. The molecule has 0 heterocycles. The number of nitrogens with zero attached hydrogens (tertiary/aromatic N) is 2. The molecule has 0 saturated carbocycles. The standard InChI is InChI=1S/C14H22BrFN2/c1-4-7-18(9-8-17(2)3)11-12-5-6-14(16)13(15)10-12/h5-6,10H,4,7-9,11H2,1-3H3. The predicted molar refractivity (Wildman–Crippen MR) is 78.2 cm³/mol. The van der Waals surface area contributed by atoms with Crippen molar-refractivity contribution in [2.75, 3.05) is 33.7 Å². The van der Waals surface area contributed by atoms with Gasteiger partial charge in [-0.2, -0.15) is 0 Å². The first-order valence-electron chi connectivity index (χ1n) is 6.34. The summed E-state index contributed by atoms with van der Waals surface area (Å²) in [6, 6.07) is 5.25. The molecule has 0 aliphatic carbocycles. The van der Waals surface area contributed by atoms with Crippen molar-refractivity contribution in [1.82, 2.24) is 9.80 Å². The molecule has 0 aliphatic rings. The van der Waals surface area contributed by atoms with E-state index in [1.807, 2.05) is 12.1 Å². The van der Waals surface area contributed by atoms with E-state index >= 15 is 0 Å². The molecule has 0 radical (unpaired) electrons. The molecule has 0 N–H and O–H groups in total. The van der Waals surface area contributed by atoms with E-state index in [4.69, 9.17) is 0 Å². The summed E-state index contributed by atoms with van der Waals surface area (Å²) in [4.78, 5) is 4.59. The third-order valence-corrected chi connectivity index (χ3v) is 3.40. The number of hydrogen-bond donors (Lipinski definition) is 0. The average Bonchev–Trinajstić information content (AvgIpc) is 2.31. The van der Waals surface area contributed by atoms with Crippen LogP contribution in [0, 0.1) is 5.82 Å². The monoisotopic (exact) mass is 316 g/mol. The van der Waals surface area contributed by atoms with Crippen molar-refractivity contribution in [3.05, 3.63) is 34.1 Å². The van der Waals surface area contributed by atoms with Crippen LogP contribution < -0.4 is 0 Å². The van der Waals surface area contributed by atoms with E-state index in [1.54, 1.807) is 0 Å². The van der Waals surface area contributed by atoms with Gasteiger partial charge in [-0.25, -0.2) is 4.39 Å². The molecule has 0 atom stereocenters. The van der Waals surface area contributed by atoms with Crippen molar-refractivity contribution in [1.29, 1.82) is 0 Å². The molecule has 0 bridgehead atoms. The Morgan fingerprint density at radius 3 is 2.44 bits per heavy atom. The van der Waals surface area contributed by atoms with Crippen LogP contribution in [0.2, 0.25) is 0 Å². The van der Waals surface area contributed by atoms with Crippen LogP contribution in [0.15, 0.2) is 22.7 Å². The van der Waals surface area contributed by atoms with Gasteiger partial charge < -0.3 is 4.90 Å². The lowest BCUT2D eigenvalue weighted by atomic mass is 10.2. The van der Waals surface area contributed by atoms with Gasteiger partial charge in [0.2, 0.25) is 0 Å². The zero-order chi connectivity index (χ0) is 13.5. The van der Waals surface area contributed by atoms with Gasteiger partial charge in [0, 0.05) is 19.6 Å². The van der Waals surface area contributed by atoms with E-state index < -0.39 is 0 Å². The number of rotatable bonds is 7. The summed E-state index contributed by atoms with van der Waals surface area (Å²) >= 11 is 3.24. The van der Waals surface area contributed by atoms with Crippen LogP contribution in [-0.4, -0.2) is 43.5 Å². The smallest absolute Gasteiger partial charge is 0.137 e. The summed E-state index contributed by atoms with van der Waals surface area (Å²) in [5.41, 5.74) is 1.15. The molecule has 1 rings (SSSR count). The molecule has 1 aromatic carbocycles. The third kappa shape index (κ3) is 5.46. The molecule has 0 spiro atoms. The zero-order valence-electron chi connectivity index (χ0n) is 11.4. The Balaban J connectivity index is 2.61. The second-order valence-corrected chi connectivity index (χ2v) is 5.68. The maximum Gasteiger partial charge on any atom is 0.137 e. The Kier molecular flexibility index (Phi) is 6.82. The highest BCUT2D eigenvalue weighted by molar-refractivity contribution is 9.10. The normalized spacial score (nSPS) is 11.5. The summed E-state index contributed by atoms with van der Waals surface area (Å²) in [7, 11) is 4.16. The van der Waals surface area contributed by atoms with Crippen molar-refractivity contribution < 1.29 is 4.39 Å². The summed E-state index contributed by atoms with van der Waals surface area (Å²) < 4.78 is 13.7. The summed E-state index contributed by atoms with van der Waals surface area (Å²) in [6.45, 7) is 6.21. The molecule has 0 amide bonds. The Labute approximate surface area is 118 Å². The lowest BCUT2D eigenvalue weighted by Crippen LogP contribution is -2.32. The highest BCUT2D eigenvalue weighted by Gasteiger charge is 2.07. The number of likely N-dealkylation sites (N-methyl/N-ethyl adjacent to an activating group) is 1. The first kappa shape index (κ1) is 15.6. The van der Waals surface area contributed by atoms with Gasteiger partial charge in [0.25, 0.3) is 0 Å². The first-order chi connectivity index (χ1) is 8.52. The third-order valence-electron chi connectivity index (χ3n) is 2.79. The van der Waals surface area contributed by atoms with Crippen LogP contribution in [0.1, 0.15) is 18.9 Å². The summed E-state index contributed by atoms with van der Waals surface area (Å²) in [6.07, 6.45) is 1.13. The van der Waals surface area contributed by atoms with Crippen molar-refractivity contribution >= 4 is 15.9 Å². The largest absolute Gasteiger partial charge is 0.308 e. The number of benzene rings is 1. The van der Waals surface area contributed by atoms with Crippen LogP contribution in [0.3, 0.4) is 0 Å². The van der Waals surface area contributed by atoms with Gasteiger partial charge in [0.1, 0.15) is 5.82 Å². The molecule has 18 heavy (non-hydrogen) atoms. The second kappa shape index (κ2) is 7.87. The van der Waals surface area contributed by atoms with Gasteiger partial charge in [-0.05, 0) is 60.7 Å². The van der Waals surface area contributed by atoms with Gasteiger partial charge in [0.15, 0.2) is 0 Å². The maximum atomic E-state index is 13.2. The minimum Gasteiger partial charge on any atom is -0.308 e. The number of hydrogen-bond acceptors (Lipinski definition) is 2. The van der Waals surface area contributed by atoms with Crippen molar-refractivity contribution in [2.45, 2.75) is 19.9 Å². The minimum atomic E-state index is -0.200. The van der Waals surface area contributed by atoms with Gasteiger partial charge >= 0.3 is 0 Å². The first-order valence-corrected chi connectivity index (χ1v) is 7.13. The van der Waals surface area contributed by atoms with E-state index in [9.17, 15) is 4.39 Å². The van der Waals surface area contributed by atoms with E-state index in [1.165, 1.54) is 6.07 Å². The topological polar surface area (TPSA) is 6.48 Å². The molecule has 0 fully saturated rings. The molecular weight excluding hydrogens is 295 g/mol. The molecule has 0 aromatic heterocycles. The van der Waals surface area contributed by atoms with Crippen molar-refractivity contribution in [3.8, 4) is 0 Å². The molecule has 1 aromatic rings. The summed E-state index contributed by atoms with van der Waals surface area (Å²) in [5, 5.41) is 0. The summed E-state index contributed by atoms with van der Waals surface area (Å²) in [5.74, 6) is -0.200. The van der Waals surface area contributed by atoms with Crippen LogP contribution in [0.4, 0.5) is 4.39 Å². The van der Waals surface area contributed by atoms with Gasteiger partial charge in [-0.1, -0.05) is 13.0 Å². The Morgan fingerprint density at radius 2 is 1.89 bits per heavy atom. The predicted octanol–water partition coefficient (Wildman–Crippen LogP) is 3.36. The SMILES string of the molecule is CCCN(CCN(C)C)Cc1ccc(F)c(Br)c1. The fourth-order valence-corrected chi connectivity index (χ4v) is 2.25. The second-order valence-electron chi connectivity index (χ2n) is 4.83. The van der Waals surface area contributed by atoms with Crippen LogP contribution in [0.25, 0.3) is 0 Å². The van der Waals surface area contributed by atoms with Crippen molar-refractivity contribution in [3.63, 3.8) is 0 Å². The fraction of sp³-hybridized carbons (Fsp3) is 0.571. The molecule has 0 saturated heterocycles. The van der Waals surface area contributed by atoms with Crippen LogP contribution in [-0.2, 0) is 6.54 Å². The van der Waals surface area contributed by atoms with E-state index in [2.05, 4.69) is 46.7 Å². The Morgan fingerprint density at radius 1 is 1.17 bits per heavy atom. The van der Waals surface area contributed by atoms with Gasteiger partial charge in [0.05, 0.1) is 4.47 Å². The Bertz CT molecular complexity index is 369. The van der Waals surface area contributed by atoms with E-state index in [0.717, 1.165) is 38.2 Å². The maximum absolute atomic E-state index is 13.2. The average molecular weight is 317 g/mol. The molecule has 4 heteroatoms. The Hall–Kier alpha value is -0.450. The molecule has 102 valence electrons. The minimum absolute atomic E-state index is 0.200. The highest BCUT2D eigenvalue weighted by atomic mass is 79.9. The van der Waals surface area contributed by atoms with E-state index in [0.29, 0.717) is 4.47 Å². The zero-order valence-corrected chi connectivity index (χ0v) is 13.0. The quantitative estimate of drug-likeness (QED) is 0.761. The number of halogens is 2.